The summed E-state index contributed by atoms with van der Waals surface area (Å²) >= 11 is 6.03. The Kier molecular flexibility index (Phi) is 2.22. The largest absolute Gasteiger partial charge is 0.206 e. The molecule has 3 rings (SSSR count). The van der Waals surface area contributed by atoms with Gasteiger partial charge in [-0.1, -0.05) is 42.9 Å². The standard InChI is InChI=1S/C14H12ClFSi/c1-17(2)12-7-6-9(15)8-10(12)14-11(16)4-3-5-13(14)17/h3-8H,1-2H3. The van der Waals surface area contributed by atoms with E-state index < -0.39 is 8.07 Å². The van der Waals surface area contributed by atoms with Gasteiger partial charge in [-0.05, 0) is 34.1 Å². The van der Waals surface area contributed by atoms with Gasteiger partial charge >= 0.3 is 0 Å². The molecule has 0 aromatic heterocycles. The molecule has 0 saturated heterocycles. The lowest BCUT2D eigenvalue weighted by atomic mass is 10.1. The maximum atomic E-state index is 14.0. The molecule has 0 N–H and O–H groups in total. The zero-order valence-corrected chi connectivity index (χ0v) is 11.5. The molecule has 1 aliphatic rings. The molecule has 0 unspecified atom stereocenters. The van der Waals surface area contributed by atoms with Crippen molar-refractivity contribution in [3.8, 4) is 11.1 Å². The molecule has 0 spiro atoms. The van der Waals surface area contributed by atoms with Gasteiger partial charge in [0.25, 0.3) is 0 Å². The van der Waals surface area contributed by atoms with Gasteiger partial charge < -0.3 is 0 Å². The fourth-order valence-corrected chi connectivity index (χ4v) is 5.96. The van der Waals surface area contributed by atoms with Crippen molar-refractivity contribution >= 4 is 30.0 Å². The van der Waals surface area contributed by atoms with Crippen LogP contribution in [0.2, 0.25) is 18.1 Å². The van der Waals surface area contributed by atoms with Crippen molar-refractivity contribution in [1.82, 2.24) is 0 Å². The molecule has 2 aromatic rings. The van der Waals surface area contributed by atoms with Crippen molar-refractivity contribution in [2.24, 2.45) is 0 Å². The van der Waals surface area contributed by atoms with Crippen molar-refractivity contribution in [3.63, 3.8) is 0 Å². The second-order valence-corrected chi connectivity index (χ2v) is 9.74. The Balaban J connectivity index is 2.44. The van der Waals surface area contributed by atoms with E-state index in [-0.39, 0.29) is 5.82 Å². The Hall–Kier alpha value is -1.12. The minimum atomic E-state index is -1.73. The molecular formula is C14H12ClFSi. The summed E-state index contributed by atoms with van der Waals surface area (Å²) in [5, 5.41) is 3.13. The van der Waals surface area contributed by atoms with Crippen LogP contribution in [0.15, 0.2) is 36.4 Å². The van der Waals surface area contributed by atoms with Gasteiger partial charge in [0.2, 0.25) is 0 Å². The number of fused-ring (bicyclic) bond motifs is 3. The van der Waals surface area contributed by atoms with Crippen molar-refractivity contribution in [2.45, 2.75) is 13.1 Å². The fraction of sp³-hybridized carbons (Fsp3) is 0.143. The molecule has 1 heterocycles. The Bertz CT molecular complexity index is 620. The van der Waals surface area contributed by atoms with Gasteiger partial charge in [-0.3, -0.25) is 0 Å². The lowest BCUT2D eigenvalue weighted by Crippen LogP contribution is -2.49. The predicted molar refractivity (Wildman–Crippen MR) is 73.6 cm³/mol. The summed E-state index contributed by atoms with van der Waals surface area (Å²) in [6.45, 7) is 4.51. The predicted octanol–water partition coefficient (Wildman–Crippen LogP) is 3.28. The molecule has 0 radical (unpaired) electrons. The normalized spacial score (nSPS) is 15.5. The average molecular weight is 263 g/mol. The van der Waals surface area contributed by atoms with Crippen LogP contribution in [0.1, 0.15) is 0 Å². The van der Waals surface area contributed by atoms with Gasteiger partial charge in [-0.15, -0.1) is 0 Å². The molecule has 1 aliphatic heterocycles. The molecular weight excluding hydrogens is 251 g/mol. The van der Waals surface area contributed by atoms with Gasteiger partial charge in [0, 0.05) is 10.6 Å². The fourth-order valence-electron chi connectivity index (χ4n) is 2.73. The quantitative estimate of drug-likeness (QED) is 0.639. The van der Waals surface area contributed by atoms with Crippen LogP contribution in [0.5, 0.6) is 0 Å². The van der Waals surface area contributed by atoms with E-state index >= 15 is 0 Å². The molecule has 0 aliphatic carbocycles. The lowest BCUT2D eigenvalue weighted by Gasteiger charge is -2.18. The van der Waals surface area contributed by atoms with Gasteiger partial charge in [-0.25, -0.2) is 4.39 Å². The first-order valence-corrected chi connectivity index (χ1v) is 8.99. The highest BCUT2D eigenvalue weighted by Crippen LogP contribution is 2.31. The Morgan fingerprint density at radius 3 is 2.59 bits per heavy atom. The monoisotopic (exact) mass is 262 g/mol. The second kappa shape index (κ2) is 3.44. The molecule has 3 heteroatoms. The Morgan fingerprint density at radius 1 is 1.06 bits per heavy atom. The number of rotatable bonds is 0. The van der Waals surface area contributed by atoms with Crippen LogP contribution >= 0.6 is 11.6 Å². The van der Waals surface area contributed by atoms with E-state index in [9.17, 15) is 4.39 Å². The maximum absolute atomic E-state index is 14.0. The SMILES string of the molecule is C[Si]1(C)c2ccc(Cl)cc2-c2c(F)cccc21. The minimum Gasteiger partial charge on any atom is -0.206 e. The highest BCUT2D eigenvalue weighted by molar-refractivity contribution is 7.03. The molecule has 0 amide bonds. The summed E-state index contributed by atoms with van der Waals surface area (Å²) in [7, 11) is -1.73. The maximum Gasteiger partial charge on any atom is 0.130 e. The van der Waals surface area contributed by atoms with E-state index in [1.165, 1.54) is 16.4 Å². The number of hydrogen-bond donors (Lipinski definition) is 0. The summed E-state index contributed by atoms with van der Waals surface area (Å²) in [5.41, 5.74) is 1.75. The topological polar surface area (TPSA) is 0 Å². The van der Waals surface area contributed by atoms with Crippen molar-refractivity contribution in [3.05, 3.63) is 47.2 Å². The van der Waals surface area contributed by atoms with Crippen molar-refractivity contribution in [2.75, 3.05) is 0 Å². The van der Waals surface area contributed by atoms with Crippen LogP contribution in [0.25, 0.3) is 11.1 Å². The molecule has 0 fully saturated rings. The third kappa shape index (κ3) is 1.41. The van der Waals surface area contributed by atoms with Crippen molar-refractivity contribution in [1.29, 1.82) is 0 Å². The summed E-state index contributed by atoms with van der Waals surface area (Å²) in [5.74, 6) is -0.135. The van der Waals surface area contributed by atoms with E-state index in [0.717, 1.165) is 11.1 Å². The van der Waals surface area contributed by atoms with Gasteiger partial charge in [-0.2, -0.15) is 0 Å². The molecule has 17 heavy (non-hydrogen) atoms. The smallest absolute Gasteiger partial charge is 0.130 e. The summed E-state index contributed by atoms with van der Waals surface area (Å²) in [4.78, 5) is 0. The van der Waals surface area contributed by atoms with E-state index in [0.29, 0.717) is 5.02 Å². The van der Waals surface area contributed by atoms with Gasteiger partial charge in [0.15, 0.2) is 0 Å². The van der Waals surface area contributed by atoms with E-state index in [4.69, 9.17) is 11.6 Å². The molecule has 0 nitrogen and oxygen atoms in total. The van der Waals surface area contributed by atoms with Crippen LogP contribution in [0, 0.1) is 5.82 Å². The Morgan fingerprint density at radius 2 is 1.82 bits per heavy atom. The van der Waals surface area contributed by atoms with E-state index in [1.807, 2.05) is 12.1 Å². The van der Waals surface area contributed by atoms with Crippen LogP contribution in [-0.2, 0) is 0 Å². The van der Waals surface area contributed by atoms with Crippen LogP contribution in [0.4, 0.5) is 4.39 Å². The molecule has 0 atom stereocenters. The molecule has 2 aromatic carbocycles. The number of benzene rings is 2. The zero-order chi connectivity index (χ0) is 12.2. The van der Waals surface area contributed by atoms with E-state index in [2.05, 4.69) is 25.2 Å². The summed E-state index contributed by atoms with van der Waals surface area (Å²) in [6.07, 6.45) is 0. The lowest BCUT2D eigenvalue weighted by molar-refractivity contribution is 0.632. The Labute approximate surface area is 106 Å². The zero-order valence-electron chi connectivity index (χ0n) is 9.72. The van der Waals surface area contributed by atoms with Crippen LogP contribution in [0.3, 0.4) is 0 Å². The molecule has 0 bridgehead atoms. The van der Waals surface area contributed by atoms with Crippen molar-refractivity contribution < 1.29 is 4.39 Å². The highest BCUT2D eigenvalue weighted by Gasteiger charge is 2.38. The first-order chi connectivity index (χ1) is 8.01. The summed E-state index contributed by atoms with van der Waals surface area (Å²) < 4.78 is 14.0. The second-order valence-electron chi connectivity index (χ2n) is 4.98. The third-order valence-electron chi connectivity index (χ3n) is 3.61. The van der Waals surface area contributed by atoms with Crippen LogP contribution in [-0.4, -0.2) is 8.07 Å². The molecule has 86 valence electrons. The number of hydrogen-bond acceptors (Lipinski definition) is 0. The van der Waals surface area contributed by atoms with E-state index in [1.54, 1.807) is 6.07 Å². The van der Waals surface area contributed by atoms with Crippen LogP contribution < -0.4 is 10.4 Å². The van der Waals surface area contributed by atoms with Gasteiger partial charge in [0.05, 0.1) is 0 Å². The first-order valence-electron chi connectivity index (χ1n) is 5.61. The summed E-state index contributed by atoms with van der Waals surface area (Å²) in [6, 6.07) is 11.2. The molecule has 0 saturated carbocycles. The first kappa shape index (κ1) is 11.0. The van der Waals surface area contributed by atoms with Gasteiger partial charge in [0.1, 0.15) is 13.9 Å². The average Bonchev–Trinajstić information content (AvgIpc) is 2.49. The minimum absolute atomic E-state index is 0.135. The third-order valence-corrected chi connectivity index (χ3v) is 7.39. The number of halogens is 2. The highest BCUT2D eigenvalue weighted by atomic mass is 35.5.